The fourth-order valence-corrected chi connectivity index (χ4v) is 3.49. The van der Waals surface area contributed by atoms with Crippen molar-refractivity contribution in [3.05, 3.63) is 29.8 Å². The van der Waals surface area contributed by atoms with Crippen LogP contribution in [0.4, 0.5) is 0 Å². The van der Waals surface area contributed by atoms with Crippen LogP contribution in [0.2, 0.25) is 0 Å². The zero-order chi connectivity index (χ0) is 14.9. The van der Waals surface area contributed by atoms with Crippen molar-refractivity contribution in [3.63, 3.8) is 0 Å². The minimum atomic E-state index is -3.62. The highest BCUT2D eigenvalue weighted by atomic mass is 32.2. The molecule has 1 amide bonds. The van der Waals surface area contributed by atoms with Gasteiger partial charge in [0.1, 0.15) is 0 Å². The molecule has 1 saturated heterocycles. The van der Waals surface area contributed by atoms with Gasteiger partial charge in [0, 0.05) is 32.7 Å². The van der Waals surface area contributed by atoms with Crippen molar-refractivity contribution in [1.82, 2.24) is 9.21 Å². The van der Waals surface area contributed by atoms with E-state index in [0.29, 0.717) is 5.56 Å². The molecule has 1 heterocycles. The van der Waals surface area contributed by atoms with Gasteiger partial charge in [0.05, 0.1) is 16.9 Å². The number of benzene rings is 1. The minimum Gasteiger partial charge on any atom is -0.345 e. The van der Waals surface area contributed by atoms with E-state index in [0.717, 1.165) is 0 Å². The molecule has 1 fully saturated rings. The van der Waals surface area contributed by atoms with Crippen LogP contribution in [0.3, 0.4) is 0 Å². The predicted molar refractivity (Wildman–Crippen MR) is 72.3 cm³/mol. The fourth-order valence-electron chi connectivity index (χ4n) is 1.91. The summed E-state index contributed by atoms with van der Waals surface area (Å²) in [5, 5.41) is 8.70. The lowest BCUT2D eigenvalue weighted by atomic mass is 10.1. The highest BCUT2D eigenvalue weighted by Crippen LogP contribution is 2.25. The lowest BCUT2D eigenvalue weighted by molar-refractivity contribution is 0.0827. The van der Waals surface area contributed by atoms with E-state index in [4.69, 9.17) is 5.26 Å². The number of hydrogen-bond acceptors (Lipinski definition) is 4. The van der Waals surface area contributed by atoms with E-state index >= 15 is 0 Å². The first-order valence-electron chi connectivity index (χ1n) is 6.07. The molecule has 1 aromatic rings. The summed E-state index contributed by atoms with van der Waals surface area (Å²) in [5.74, 6) is -0.489. The number of carbonyl (C=O) groups excluding carboxylic acids is 1. The van der Waals surface area contributed by atoms with Crippen molar-refractivity contribution in [2.45, 2.75) is 4.90 Å². The third-order valence-electron chi connectivity index (χ3n) is 3.16. The Morgan fingerprint density at radius 3 is 2.60 bits per heavy atom. The second-order valence-electron chi connectivity index (χ2n) is 4.88. The smallest absolute Gasteiger partial charge is 0.253 e. The first-order chi connectivity index (χ1) is 9.36. The summed E-state index contributed by atoms with van der Waals surface area (Å²) in [6.45, 7) is 0.426. The summed E-state index contributed by atoms with van der Waals surface area (Å²) in [4.78, 5) is 13.3. The van der Waals surface area contributed by atoms with Gasteiger partial charge in [-0.3, -0.25) is 4.79 Å². The highest BCUT2D eigenvalue weighted by Gasteiger charge is 2.36. The van der Waals surface area contributed by atoms with Crippen molar-refractivity contribution in [2.75, 3.05) is 27.2 Å². The van der Waals surface area contributed by atoms with Gasteiger partial charge in [0.2, 0.25) is 10.0 Å². The third-order valence-corrected chi connectivity index (χ3v) is 4.98. The topological polar surface area (TPSA) is 81.5 Å². The number of rotatable bonds is 3. The number of amides is 1. The Kier molecular flexibility index (Phi) is 3.79. The Balaban J connectivity index is 2.28. The van der Waals surface area contributed by atoms with Gasteiger partial charge >= 0.3 is 0 Å². The largest absolute Gasteiger partial charge is 0.345 e. The molecule has 0 aliphatic carbocycles. The molecule has 1 aliphatic heterocycles. The van der Waals surface area contributed by atoms with Gasteiger partial charge < -0.3 is 4.90 Å². The van der Waals surface area contributed by atoms with E-state index < -0.39 is 10.0 Å². The number of sulfonamides is 1. The molecule has 0 N–H and O–H groups in total. The SMILES string of the molecule is CN(C)C(=O)c1cccc(S(=O)(=O)N2CC(C#N)C2)c1. The first-order valence-corrected chi connectivity index (χ1v) is 7.51. The summed E-state index contributed by atoms with van der Waals surface area (Å²) < 4.78 is 25.9. The van der Waals surface area contributed by atoms with Crippen LogP contribution in [-0.4, -0.2) is 50.7 Å². The lowest BCUT2D eigenvalue weighted by Gasteiger charge is -2.34. The molecule has 6 nitrogen and oxygen atoms in total. The molecule has 0 atom stereocenters. The molecule has 7 heteroatoms. The Morgan fingerprint density at radius 1 is 1.40 bits per heavy atom. The van der Waals surface area contributed by atoms with Gasteiger partial charge in [0.15, 0.2) is 0 Å². The molecule has 0 spiro atoms. The third kappa shape index (κ3) is 2.53. The van der Waals surface area contributed by atoms with Crippen LogP contribution in [0, 0.1) is 17.2 Å². The molecular formula is C13H15N3O3S. The van der Waals surface area contributed by atoms with Gasteiger partial charge in [-0.05, 0) is 18.2 Å². The van der Waals surface area contributed by atoms with E-state index in [1.165, 1.54) is 21.3 Å². The highest BCUT2D eigenvalue weighted by molar-refractivity contribution is 7.89. The standard InChI is InChI=1S/C13H15N3O3S/c1-15(2)13(17)11-4-3-5-12(6-11)20(18,19)16-8-10(7-14)9-16/h3-6,10H,8-9H2,1-2H3. The zero-order valence-electron chi connectivity index (χ0n) is 11.3. The zero-order valence-corrected chi connectivity index (χ0v) is 12.1. The van der Waals surface area contributed by atoms with E-state index in [1.54, 1.807) is 26.2 Å². The maximum atomic E-state index is 12.3. The molecular weight excluding hydrogens is 278 g/mol. The number of hydrogen-bond donors (Lipinski definition) is 0. The average molecular weight is 293 g/mol. The molecule has 0 bridgehead atoms. The average Bonchev–Trinajstić information content (AvgIpc) is 2.36. The molecule has 0 saturated carbocycles. The summed E-state index contributed by atoms with van der Waals surface area (Å²) >= 11 is 0. The van der Waals surface area contributed by atoms with Crippen molar-refractivity contribution in [2.24, 2.45) is 5.92 Å². The van der Waals surface area contributed by atoms with E-state index in [2.05, 4.69) is 0 Å². The monoisotopic (exact) mass is 293 g/mol. The Morgan fingerprint density at radius 2 is 2.05 bits per heavy atom. The van der Waals surface area contributed by atoms with Crippen molar-refractivity contribution >= 4 is 15.9 Å². The second kappa shape index (κ2) is 5.23. The van der Waals surface area contributed by atoms with Gasteiger partial charge in [-0.2, -0.15) is 9.57 Å². The van der Waals surface area contributed by atoms with Gasteiger partial charge in [0.25, 0.3) is 5.91 Å². The van der Waals surface area contributed by atoms with Crippen molar-refractivity contribution in [3.8, 4) is 6.07 Å². The van der Waals surface area contributed by atoms with Crippen LogP contribution in [0.15, 0.2) is 29.2 Å². The van der Waals surface area contributed by atoms with Gasteiger partial charge in [-0.15, -0.1) is 0 Å². The maximum absolute atomic E-state index is 12.3. The van der Waals surface area contributed by atoms with Crippen molar-refractivity contribution in [1.29, 1.82) is 5.26 Å². The summed E-state index contributed by atoms with van der Waals surface area (Å²) in [5.41, 5.74) is 0.327. The number of nitrogens with zero attached hydrogens (tertiary/aromatic N) is 3. The molecule has 1 aromatic carbocycles. The molecule has 0 radical (unpaired) electrons. The summed E-state index contributed by atoms with van der Waals surface area (Å²) in [6.07, 6.45) is 0. The predicted octanol–water partition coefficient (Wildman–Crippen LogP) is 0.532. The molecule has 0 aromatic heterocycles. The van der Waals surface area contributed by atoms with Crippen LogP contribution in [0.5, 0.6) is 0 Å². The molecule has 20 heavy (non-hydrogen) atoms. The van der Waals surface area contributed by atoms with E-state index in [-0.39, 0.29) is 29.8 Å². The number of nitriles is 1. The molecule has 1 aliphatic rings. The first kappa shape index (κ1) is 14.5. The van der Waals surface area contributed by atoms with Crippen LogP contribution < -0.4 is 0 Å². The minimum absolute atomic E-state index is 0.0848. The normalized spacial score (nSPS) is 16.2. The van der Waals surface area contributed by atoms with Crippen LogP contribution in [0.1, 0.15) is 10.4 Å². The molecule has 0 unspecified atom stereocenters. The Hall–Kier alpha value is -1.91. The summed E-state index contributed by atoms with van der Waals surface area (Å²) in [6, 6.07) is 7.99. The number of carbonyl (C=O) groups is 1. The summed E-state index contributed by atoms with van der Waals surface area (Å²) in [7, 11) is -0.400. The Bertz CT molecular complexity index is 670. The van der Waals surface area contributed by atoms with Crippen molar-refractivity contribution < 1.29 is 13.2 Å². The molecule has 106 valence electrons. The second-order valence-corrected chi connectivity index (χ2v) is 6.81. The Labute approximate surface area is 118 Å². The van der Waals surface area contributed by atoms with E-state index in [9.17, 15) is 13.2 Å². The van der Waals surface area contributed by atoms with Gasteiger partial charge in [-0.25, -0.2) is 8.42 Å². The van der Waals surface area contributed by atoms with Crippen LogP contribution in [-0.2, 0) is 10.0 Å². The van der Waals surface area contributed by atoms with Crippen LogP contribution in [0.25, 0.3) is 0 Å². The fraction of sp³-hybridized carbons (Fsp3) is 0.385. The van der Waals surface area contributed by atoms with E-state index in [1.807, 2.05) is 6.07 Å². The lowest BCUT2D eigenvalue weighted by Crippen LogP contribution is -2.49. The maximum Gasteiger partial charge on any atom is 0.253 e. The van der Waals surface area contributed by atoms with Gasteiger partial charge in [-0.1, -0.05) is 6.07 Å². The van der Waals surface area contributed by atoms with Crippen LogP contribution >= 0.6 is 0 Å². The molecule has 2 rings (SSSR count). The quantitative estimate of drug-likeness (QED) is 0.814.